The van der Waals surface area contributed by atoms with Crippen molar-refractivity contribution < 1.29 is 4.79 Å². The second kappa shape index (κ2) is 7.27. The van der Waals surface area contributed by atoms with Gasteiger partial charge < -0.3 is 10.6 Å². The minimum absolute atomic E-state index is 0.191. The van der Waals surface area contributed by atoms with E-state index in [0.717, 1.165) is 21.4 Å². The number of hydrogen-bond donors (Lipinski definition) is 2. The van der Waals surface area contributed by atoms with E-state index in [1.54, 1.807) is 24.4 Å². The number of halogens is 1. The van der Waals surface area contributed by atoms with Crippen LogP contribution < -0.4 is 10.6 Å². The summed E-state index contributed by atoms with van der Waals surface area (Å²) in [6.07, 6.45) is 1.70. The molecule has 3 rings (SSSR count). The number of hydrogen-bond acceptors (Lipinski definition) is 3. The molecule has 0 saturated heterocycles. The van der Waals surface area contributed by atoms with Gasteiger partial charge in [0.1, 0.15) is 5.82 Å². The summed E-state index contributed by atoms with van der Waals surface area (Å²) in [6.45, 7) is 2.04. The second-order valence-corrected chi connectivity index (χ2v) is 6.25. The first-order valence-electron chi connectivity index (χ1n) is 7.47. The molecule has 1 heterocycles. The summed E-state index contributed by atoms with van der Waals surface area (Å²) in [5.41, 5.74) is 3.63. The maximum atomic E-state index is 12.2. The van der Waals surface area contributed by atoms with E-state index < -0.39 is 0 Å². The summed E-state index contributed by atoms with van der Waals surface area (Å²) in [5.74, 6) is 0.318. The maximum Gasteiger partial charge on any atom is 0.256 e. The van der Waals surface area contributed by atoms with Crippen molar-refractivity contribution in [1.82, 2.24) is 4.98 Å². The number of aryl methyl sites for hydroxylation is 1. The predicted octanol–water partition coefficient (Wildman–Crippen LogP) is 5.15. The van der Waals surface area contributed by atoms with E-state index in [1.807, 2.05) is 49.4 Å². The van der Waals surface area contributed by atoms with Crippen LogP contribution in [0.1, 0.15) is 15.9 Å². The summed E-state index contributed by atoms with van der Waals surface area (Å²) in [6, 6.07) is 18.9. The molecule has 0 bridgehead atoms. The summed E-state index contributed by atoms with van der Waals surface area (Å²) in [7, 11) is 0. The molecule has 0 unspecified atom stereocenters. The molecule has 0 atom stereocenters. The van der Waals surface area contributed by atoms with Gasteiger partial charge in [-0.2, -0.15) is 0 Å². The van der Waals surface area contributed by atoms with Gasteiger partial charge in [-0.25, -0.2) is 4.98 Å². The monoisotopic (exact) mass is 381 g/mol. The second-order valence-electron chi connectivity index (χ2n) is 5.34. The van der Waals surface area contributed by atoms with Gasteiger partial charge >= 0.3 is 0 Å². The number of carbonyl (C=O) groups is 1. The molecule has 3 aromatic rings. The van der Waals surface area contributed by atoms with Crippen LogP contribution in [0.2, 0.25) is 0 Å². The van der Waals surface area contributed by atoms with Crippen molar-refractivity contribution in [2.24, 2.45) is 0 Å². The van der Waals surface area contributed by atoms with Gasteiger partial charge in [0.15, 0.2) is 0 Å². The molecule has 0 aliphatic rings. The van der Waals surface area contributed by atoms with Crippen LogP contribution in [0, 0.1) is 6.92 Å². The number of aromatic nitrogens is 1. The van der Waals surface area contributed by atoms with Crippen LogP contribution >= 0.6 is 15.9 Å². The average molecular weight is 382 g/mol. The highest BCUT2D eigenvalue weighted by atomic mass is 79.9. The highest BCUT2D eigenvalue weighted by Crippen LogP contribution is 2.20. The van der Waals surface area contributed by atoms with Crippen molar-refractivity contribution in [2.45, 2.75) is 6.92 Å². The molecule has 1 amide bonds. The normalized spacial score (nSPS) is 10.2. The Hall–Kier alpha value is -2.66. The number of nitrogens with one attached hydrogen (secondary N) is 2. The van der Waals surface area contributed by atoms with Crippen LogP contribution in [0.3, 0.4) is 0 Å². The van der Waals surface area contributed by atoms with Crippen molar-refractivity contribution >= 4 is 39.0 Å². The summed E-state index contributed by atoms with van der Waals surface area (Å²) in [4.78, 5) is 16.5. The molecular weight excluding hydrogens is 366 g/mol. The molecule has 24 heavy (non-hydrogen) atoms. The van der Waals surface area contributed by atoms with Gasteiger partial charge in [0.2, 0.25) is 0 Å². The van der Waals surface area contributed by atoms with Crippen molar-refractivity contribution in [3.05, 3.63) is 82.5 Å². The maximum absolute atomic E-state index is 12.2. The van der Waals surface area contributed by atoms with E-state index in [1.165, 1.54) is 0 Å². The van der Waals surface area contributed by atoms with Crippen LogP contribution in [0.4, 0.5) is 17.2 Å². The lowest BCUT2D eigenvalue weighted by molar-refractivity contribution is 0.102. The standard InChI is InChI=1S/C19H16BrN3O/c1-13-5-2-3-8-17(13)22-16-9-10-18(21-12-16)23-19(24)14-6-4-7-15(20)11-14/h2-12,22H,1H3,(H,21,23,24). The lowest BCUT2D eigenvalue weighted by Crippen LogP contribution is -2.12. The van der Waals surface area contributed by atoms with Crippen molar-refractivity contribution in [1.29, 1.82) is 0 Å². The fourth-order valence-corrected chi connectivity index (χ4v) is 2.63. The number of rotatable bonds is 4. The number of amides is 1. The van der Waals surface area contributed by atoms with E-state index in [9.17, 15) is 4.79 Å². The minimum atomic E-state index is -0.191. The van der Waals surface area contributed by atoms with Gasteiger partial charge in [-0.1, -0.05) is 40.2 Å². The van der Waals surface area contributed by atoms with Crippen molar-refractivity contribution in [3.8, 4) is 0 Å². The topological polar surface area (TPSA) is 54.0 Å². The van der Waals surface area contributed by atoms with E-state index in [0.29, 0.717) is 11.4 Å². The Morgan fingerprint density at radius 1 is 1.04 bits per heavy atom. The number of carbonyl (C=O) groups excluding carboxylic acids is 1. The molecular formula is C19H16BrN3O. The van der Waals surface area contributed by atoms with Crippen LogP contribution in [0.25, 0.3) is 0 Å². The highest BCUT2D eigenvalue weighted by molar-refractivity contribution is 9.10. The molecule has 0 radical (unpaired) electrons. The number of nitrogens with zero attached hydrogens (tertiary/aromatic N) is 1. The molecule has 0 spiro atoms. The van der Waals surface area contributed by atoms with Gasteiger partial charge in [0, 0.05) is 15.7 Å². The Morgan fingerprint density at radius 3 is 2.58 bits per heavy atom. The van der Waals surface area contributed by atoms with Crippen LogP contribution in [-0.2, 0) is 0 Å². The molecule has 2 N–H and O–H groups in total. The zero-order valence-corrected chi connectivity index (χ0v) is 14.7. The first-order valence-corrected chi connectivity index (χ1v) is 8.27. The Labute approximate surface area is 149 Å². The Kier molecular flexibility index (Phi) is 4.91. The van der Waals surface area contributed by atoms with Crippen LogP contribution in [0.5, 0.6) is 0 Å². The number of pyridine rings is 1. The average Bonchev–Trinajstić information content (AvgIpc) is 2.58. The van der Waals surface area contributed by atoms with Gasteiger partial charge in [-0.05, 0) is 48.9 Å². The molecule has 0 saturated carbocycles. The summed E-state index contributed by atoms with van der Waals surface area (Å²) < 4.78 is 0.862. The highest BCUT2D eigenvalue weighted by Gasteiger charge is 2.07. The lowest BCUT2D eigenvalue weighted by Gasteiger charge is -2.10. The van der Waals surface area contributed by atoms with E-state index in [4.69, 9.17) is 0 Å². The number of anilines is 3. The Balaban J connectivity index is 1.68. The van der Waals surface area contributed by atoms with Gasteiger partial charge in [0.05, 0.1) is 11.9 Å². The van der Waals surface area contributed by atoms with Crippen molar-refractivity contribution in [2.75, 3.05) is 10.6 Å². The fourth-order valence-electron chi connectivity index (χ4n) is 2.23. The van der Waals surface area contributed by atoms with E-state index in [-0.39, 0.29) is 5.91 Å². The molecule has 0 aliphatic carbocycles. The van der Waals surface area contributed by atoms with Crippen LogP contribution in [-0.4, -0.2) is 10.9 Å². The first kappa shape index (κ1) is 16.2. The minimum Gasteiger partial charge on any atom is -0.354 e. The van der Waals surface area contributed by atoms with Gasteiger partial charge in [-0.15, -0.1) is 0 Å². The molecule has 5 heteroatoms. The Morgan fingerprint density at radius 2 is 1.88 bits per heavy atom. The predicted molar refractivity (Wildman–Crippen MR) is 101 cm³/mol. The summed E-state index contributed by atoms with van der Waals surface area (Å²) >= 11 is 3.36. The molecule has 1 aromatic heterocycles. The first-order chi connectivity index (χ1) is 11.6. The van der Waals surface area contributed by atoms with E-state index in [2.05, 4.69) is 31.5 Å². The quantitative estimate of drug-likeness (QED) is 0.656. The van der Waals surface area contributed by atoms with Gasteiger partial charge in [-0.3, -0.25) is 4.79 Å². The number of para-hydroxylation sites is 1. The Bertz CT molecular complexity index is 862. The zero-order chi connectivity index (χ0) is 16.9. The van der Waals surface area contributed by atoms with Crippen LogP contribution in [0.15, 0.2) is 71.3 Å². The SMILES string of the molecule is Cc1ccccc1Nc1ccc(NC(=O)c2cccc(Br)c2)nc1. The molecule has 4 nitrogen and oxygen atoms in total. The van der Waals surface area contributed by atoms with Gasteiger partial charge in [0.25, 0.3) is 5.91 Å². The third-order valence-electron chi connectivity index (χ3n) is 3.52. The fraction of sp³-hybridized carbons (Fsp3) is 0.0526. The third-order valence-corrected chi connectivity index (χ3v) is 4.01. The zero-order valence-electron chi connectivity index (χ0n) is 13.1. The lowest BCUT2D eigenvalue weighted by atomic mass is 10.2. The summed E-state index contributed by atoms with van der Waals surface area (Å²) in [5, 5.41) is 6.10. The largest absolute Gasteiger partial charge is 0.354 e. The molecule has 0 aliphatic heterocycles. The number of benzene rings is 2. The van der Waals surface area contributed by atoms with Crippen molar-refractivity contribution in [3.63, 3.8) is 0 Å². The molecule has 120 valence electrons. The van der Waals surface area contributed by atoms with E-state index >= 15 is 0 Å². The smallest absolute Gasteiger partial charge is 0.256 e. The molecule has 0 fully saturated rings. The molecule has 2 aromatic carbocycles. The third kappa shape index (κ3) is 4.00.